The molecule has 1 saturated carbocycles. The number of aromatic nitrogens is 2. The van der Waals surface area contributed by atoms with Gasteiger partial charge in [-0.15, -0.1) is 0 Å². The number of amides is 1. The Balaban J connectivity index is 1.86. The lowest BCUT2D eigenvalue weighted by Gasteiger charge is -2.28. The molecule has 1 aliphatic carbocycles. The molecule has 1 N–H and O–H groups in total. The van der Waals surface area contributed by atoms with Crippen LogP contribution in [0, 0.1) is 6.92 Å². The van der Waals surface area contributed by atoms with E-state index in [4.69, 9.17) is 0 Å². The molecule has 0 aliphatic heterocycles. The minimum absolute atomic E-state index is 0.104. The molecule has 1 fully saturated rings. The molecule has 1 aromatic heterocycles. The standard InChI is InChI=1S/C19H24N4O/c1-13(2)23(12-15-7-5-4-6-8-15)18-11-17(20-14(3)21-18)19(24)22-16-9-10-16/h4-8,11,13,16H,9-10,12H2,1-3H3,(H,22,24). The Morgan fingerprint density at radius 2 is 1.96 bits per heavy atom. The molecule has 3 rings (SSSR count). The topological polar surface area (TPSA) is 58.1 Å². The van der Waals surface area contributed by atoms with E-state index in [-0.39, 0.29) is 11.9 Å². The van der Waals surface area contributed by atoms with Crippen molar-refractivity contribution in [3.05, 3.63) is 53.5 Å². The zero-order valence-electron chi connectivity index (χ0n) is 14.5. The number of carbonyl (C=O) groups is 1. The van der Waals surface area contributed by atoms with E-state index in [1.54, 1.807) is 6.07 Å². The van der Waals surface area contributed by atoms with Crippen LogP contribution in [-0.4, -0.2) is 28.0 Å². The summed E-state index contributed by atoms with van der Waals surface area (Å²) in [5.41, 5.74) is 1.66. The van der Waals surface area contributed by atoms with Crippen LogP contribution < -0.4 is 10.2 Å². The van der Waals surface area contributed by atoms with Crippen molar-refractivity contribution in [2.75, 3.05) is 4.90 Å². The Morgan fingerprint density at radius 3 is 2.58 bits per heavy atom. The lowest BCUT2D eigenvalue weighted by atomic mass is 10.2. The normalized spacial score (nSPS) is 13.8. The van der Waals surface area contributed by atoms with E-state index in [1.807, 2.05) is 25.1 Å². The number of aryl methyl sites for hydroxylation is 1. The maximum Gasteiger partial charge on any atom is 0.270 e. The zero-order chi connectivity index (χ0) is 17.1. The second-order valence-electron chi connectivity index (χ2n) is 6.61. The third-order valence-corrected chi connectivity index (χ3v) is 4.08. The lowest BCUT2D eigenvalue weighted by Crippen LogP contribution is -2.32. The smallest absolute Gasteiger partial charge is 0.270 e. The third kappa shape index (κ3) is 4.10. The Labute approximate surface area is 143 Å². The Kier molecular flexibility index (Phi) is 4.79. The van der Waals surface area contributed by atoms with Gasteiger partial charge < -0.3 is 10.2 Å². The number of carbonyl (C=O) groups excluding carboxylic acids is 1. The van der Waals surface area contributed by atoms with Gasteiger partial charge >= 0.3 is 0 Å². The summed E-state index contributed by atoms with van der Waals surface area (Å²) >= 11 is 0. The van der Waals surface area contributed by atoms with Crippen molar-refractivity contribution in [1.29, 1.82) is 0 Å². The largest absolute Gasteiger partial charge is 0.350 e. The number of anilines is 1. The number of nitrogens with one attached hydrogen (secondary N) is 1. The van der Waals surface area contributed by atoms with Crippen LogP contribution in [0.5, 0.6) is 0 Å². The quantitative estimate of drug-likeness (QED) is 0.887. The van der Waals surface area contributed by atoms with Gasteiger partial charge in [0.25, 0.3) is 5.91 Å². The monoisotopic (exact) mass is 324 g/mol. The molecule has 0 saturated heterocycles. The molecule has 0 unspecified atom stereocenters. The fraction of sp³-hybridized carbons (Fsp3) is 0.421. The molecular weight excluding hydrogens is 300 g/mol. The second-order valence-corrected chi connectivity index (χ2v) is 6.61. The van der Waals surface area contributed by atoms with E-state index in [9.17, 15) is 4.79 Å². The summed E-state index contributed by atoms with van der Waals surface area (Å²) in [6, 6.07) is 12.7. The highest BCUT2D eigenvalue weighted by molar-refractivity contribution is 5.93. The van der Waals surface area contributed by atoms with Crippen molar-refractivity contribution in [2.45, 2.75) is 52.2 Å². The fourth-order valence-corrected chi connectivity index (χ4v) is 2.61. The maximum absolute atomic E-state index is 12.3. The van der Waals surface area contributed by atoms with Gasteiger partial charge in [-0.1, -0.05) is 30.3 Å². The van der Waals surface area contributed by atoms with Crippen molar-refractivity contribution in [1.82, 2.24) is 15.3 Å². The van der Waals surface area contributed by atoms with Crippen LogP contribution in [0.25, 0.3) is 0 Å². The molecule has 0 spiro atoms. The zero-order valence-corrected chi connectivity index (χ0v) is 14.5. The molecule has 1 aromatic carbocycles. The van der Waals surface area contributed by atoms with Crippen LogP contribution in [0.2, 0.25) is 0 Å². The number of hydrogen-bond acceptors (Lipinski definition) is 4. The maximum atomic E-state index is 12.3. The first-order chi connectivity index (χ1) is 11.5. The third-order valence-electron chi connectivity index (χ3n) is 4.08. The number of benzene rings is 1. The van der Waals surface area contributed by atoms with Crippen molar-refractivity contribution in [3.8, 4) is 0 Å². The van der Waals surface area contributed by atoms with Crippen LogP contribution >= 0.6 is 0 Å². The molecule has 0 bridgehead atoms. The number of rotatable bonds is 6. The average molecular weight is 324 g/mol. The molecule has 0 radical (unpaired) electrons. The van der Waals surface area contributed by atoms with Gasteiger partial charge in [0.15, 0.2) is 0 Å². The number of nitrogens with zero attached hydrogens (tertiary/aromatic N) is 3. The molecule has 1 heterocycles. The molecule has 0 atom stereocenters. The van der Waals surface area contributed by atoms with Crippen molar-refractivity contribution >= 4 is 11.7 Å². The van der Waals surface area contributed by atoms with Crippen molar-refractivity contribution in [3.63, 3.8) is 0 Å². The predicted octanol–water partition coefficient (Wildman–Crippen LogP) is 3.09. The van der Waals surface area contributed by atoms with Gasteiger partial charge in [0.1, 0.15) is 17.3 Å². The highest BCUT2D eigenvalue weighted by Crippen LogP contribution is 2.21. The van der Waals surface area contributed by atoms with Crippen LogP contribution in [0.4, 0.5) is 5.82 Å². The van der Waals surface area contributed by atoms with Gasteiger partial charge in [0.05, 0.1) is 0 Å². The molecule has 1 aliphatic rings. The molecule has 126 valence electrons. The SMILES string of the molecule is Cc1nc(C(=O)NC2CC2)cc(N(Cc2ccccc2)C(C)C)n1. The minimum atomic E-state index is -0.104. The van der Waals surface area contributed by atoms with E-state index in [0.29, 0.717) is 17.6 Å². The molecular formula is C19H24N4O. The van der Waals surface area contributed by atoms with Crippen LogP contribution in [0.3, 0.4) is 0 Å². The summed E-state index contributed by atoms with van der Waals surface area (Å²) in [5.74, 6) is 1.31. The summed E-state index contributed by atoms with van der Waals surface area (Å²) < 4.78 is 0. The molecule has 2 aromatic rings. The van der Waals surface area contributed by atoms with E-state index >= 15 is 0 Å². The van der Waals surface area contributed by atoms with E-state index < -0.39 is 0 Å². The minimum Gasteiger partial charge on any atom is -0.350 e. The highest BCUT2D eigenvalue weighted by Gasteiger charge is 2.25. The van der Waals surface area contributed by atoms with E-state index in [2.05, 4.69) is 46.2 Å². The first kappa shape index (κ1) is 16.4. The van der Waals surface area contributed by atoms with Crippen molar-refractivity contribution < 1.29 is 4.79 Å². The lowest BCUT2D eigenvalue weighted by molar-refractivity contribution is 0.0945. The fourth-order valence-electron chi connectivity index (χ4n) is 2.61. The van der Waals surface area contributed by atoms with Gasteiger partial charge in [0.2, 0.25) is 0 Å². The summed E-state index contributed by atoms with van der Waals surface area (Å²) in [5, 5.41) is 2.99. The number of hydrogen-bond donors (Lipinski definition) is 1. The van der Waals surface area contributed by atoms with Gasteiger partial charge in [-0.3, -0.25) is 4.79 Å². The highest BCUT2D eigenvalue weighted by atomic mass is 16.2. The van der Waals surface area contributed by atoms with Gasteiger partial charge in [-0.25, -0.2) is 9.97 Å². The average Bonchev–Trinajstić information content (AvgIpc) is 3.36. The van der Waals surface area contributed by atoms with E-state index in [1.165, 1.54) is 5.56 Å². The molecule has 5 nitrogen and oxygen atoms in total. The van der Waals surface area contributed by atoms with Gasteiger partial charge in [-0.2, -0.15) is 0 Å². The molecule has 1 amide bonds. The van der Waals surface area contributed by atoms with Crippen LogP contribution in [-0.2, 0) is 6.54 Å². The summed E-state index contributed by atoms with van der Waals surface area (Å²) in [6.07, 6.45) is 2.13. The predicted molar refractivity (Wildman–Crippen MR) is 95.0 cm³/mol. The van der Waals surface area contributed by atoms with Crippen molar-refractivity contribution in [2.24, 2.45) is 0 Å². The van der Waals surface area contributed by atoms with Gasteiger partial charge in [-0.05, 0) is 39.2 Å². The van der Waals surface area contributed by atoms with E-state index in [0.717, 1.165) is 25.2 Å². The first-order valence-corrected chi connectivity index (χ1v) is 8.50. The second kappa shape index (κ2) is 6.99. The first-order valence-electron chi connectivity index (χ1n) is 8.50. The summed E-state index contributed by atoms with van der Waals surface area (Å²) in [6.45, 7) is 6.84. The Bertz CT molecular complexity index is 711. The molecule has 24 heavy (non-hydrogen) atoms. The van der Waals surface area contributed by atoms with Crippen LogP contribution in [0.15, 0.2) is 36.4 Å². The Hall–Kier alpha value is -2.43. The Morgan fingerprint density at radius 1 is 1.25 bits per heavy atom. The molecule has 5 heteroatoms. The van der Waals surface area contributed by atoms with Gasteiger partial charge in [0, 0.05) is 24.7 Å². The summed E-state index contributed by atoms with van der Waals surface area (Å²) in [4.78, 5) is 23.4. The summed E-state index contributed by atoms with van der Waals surface area (Å²) in [7, 11) is 0. The van der Waals surface area contributed by atoms with Crippen LogP contribution in [0.1, 0.15) is 48.6 Å².